The van der Waals surface area contributed by atoms with Crippen LogP contribution in [0.3, 0.4) is 0 Å². The number of nitrogens with zero attached hydrogens (tertiary/aromatic N) is 1. The maximum absolute atomic E-state index is 13.3. The number of rotatable bonds is 4. The van der Waals surface area contributed by atoms with Gasteiger partial charge in [0, 0.05) is 17.8 Å². The summed E-state index contributed by atoms with van der Waals surface area (Å²) in [7, 11) is 3.22. The number of methoxy groups -OCH3 is 1. The topological polar surface area (TPSA) is 41.6 Å². The molecule has 1 N–H and O–H groups in total. The van der Waals surface area contributed by atoms with Gasteiger partial charge in [0.1, 0.15) is 5.75 Å². The van der Waals surface area contributed by atoms with Crippen LogP contribution >= 0.6 is 0 Å². The average molecular weight is 440 g/mol. The molecule has 1 aliphatic heterocycles. The smallest absolute Gasteiger partial charge is 0.419 e. The maximum atomic E-state index is 13.3. The first kappa shape index (κ1) is 21.9. The number of benzene rings is 3. The van der Waals surface area contributed by atoms with Crippen molar-refractivity contribution in [3.05, 3.63) is 94.5 Å². The third-order valence-corrected chi connectivity index (χ3v) is 5.76. The highest BCUT2D eigenvalue weighted by Gasteiger charge is 2.35. The van der Waals surface area contributed by atoms with Gasteiger partial charge in [-0.3, -0.25) is 9.69 Å². The monoisotopic (exact) mass is 440 g/mol. The second-order valence-electron chi connectivity index (χ2n) is 7.82. The highest BCUT2D eigenvalue weighted by molar-refractivity contribution is 6.04. The molecular formula is C25H23F3N2O2. The molecule has 0 bridgehead atoms. The number of carbonyl (C=O) groups excluding carboxylic acids is 1. The van der Waals surface area contributed by atoms with Crippen molar-refractivity contribution >= 4 is 11.6 Å². The lowest BCUT2D eigenvalue weighted by Crippen LogP contribution is -2.33. The molecular weight excluding hydrogens is 417 g/mol. The molecule has 0 fully saturated rings. The molecule has 32 heavy (non-hydrogen) atoms. The SMILES string of the molecule is COc1ccc(C(=O)Nc2ccc3c(c2)C(c2ccccc2)N(C)CC3)cc1C(F)(F)F. The molecule has 0 saturated heterocycles. The Kier molecular flexibility index (Phi) is 5.93. The summed E-state index contributed by atoms with van der Waals surface area (Å²) in [5, 5.41) is 2.75. The Labute approximate surface area is 184 Å². The van der Waals surface area contributed by atoms with Gasteiger partial charge in [0.15, 0.2) is 0 Å². The normalized spacial score (nSPS) is 16.3. The van der Waals surface area contributed by atoms with E-state index in [2.05, 4.69) is 29.4 Å². The van der Waals surface area contributed by atoms with E-state index in [1.807, 2.05) is 30.3 Å². The minimum atomic E-state index is -4.62. The van der Waals surface area contributed by atoms with Crippen molar-refractivity contribution < 1.29 is 22.7 Å². The quantitative estimate of drug-likeness (QED) is 0.579. The molecule has 0 aromatic heterocycles. The number of fused-ring (bicyclic) bond motifs is 1. The molecule has 0 radical (unpaired) electrons. The van der Waals surface area contributed by atoms with Gasteiger partial charge >= 0.3 is 6.18 Å². The van der Waals surface area contributed by atoms with Crippen LogP contribution in [0.25, 0.3) is 0 Å². The molecule has 7 heteroatoms. The van der Waals surface area contributed by atoms with Crippen LogP contribution in [-0.4, -0.2) is 31.5 Å². The van der Waals surface area contributed by atoms with Crippen molar-refractivity contribution in [1.29, 1.82) is 0 Å². The molecule has 166 valence electrons. The third-order valence-electron chi connectivity index (χ3n) is 5.76. The van der Waals surface area contributed by atoms with Crippen LogP contribution in [0.15, 0.2) is 66.7 Å². The van der Waals surface area contributed by atoms with Gasteiger partial charge in [-0.1, -0.05) is 36.4 Å². The van der Waals surface area contributed by atoms with Crippen LogP contribution in [0.4, 0.5) is 18.9 Å². The first-order valence-electron chi connectivity index (χ1n) is 10.2. The van der Waals surface area contributed by atoms with E-state index in [1.165, 1.54) is 11.6 Å². The molecule has 3 aromatic rings. The molecule has 0 spiro atoms. The fourth-order valence-corrected chi connectivity index (χ4v) is 4.16. The van der Waals surface area contributed by atoms with E-state index in [1.54, 1.807) is 6.07 Å². The molecule has 0 aliphatic carbocycles. The van der Waals surface area contributed by atoms with Crippen molar-refractivity contribution in [2.24, 2.45) is 0 Å². The number of hydrogen-bond donors (Lipinski definition) is 1. The van der Waals surface area contributed by atoms with E-state index in [9.17, 15) is 18.0 Å². The predicted octanol–water partition coefficient (Wildman–Crippen LogP) is 5.54. The van der Waals surface area contributed by atoms with Crippen LogP contribution in [0.5, 0.6) is 5.75 Å². The number of nitrogens with one attached hydrogen (secondary N) is 1. The molecule has 4 rings (SSSR count). The number of alkyl halides is 3. The molecule has 3 aromatic carbocycles. The van der Waals surface area contributed by atoms with Gasteiger partial charge in [-0.05, 0) is 60.5 Å². The first-order valence-corrected chi connectivity index (χ1v) is 10.2. The standard InChI is InChI=1S/C25H23F3N2O2/c1-30-13-12-16-8-10-19(15-20(16)23(30)17-6-4-3-5-7-17)29-24(31)18-9-11-22(32-2)21(14-18)25(26,27)28/h3-11,14-15,23H,12-13H2,1-2H3,(H,29,31). The molecule has 1 amide bonds. The lowest BCUT2D eigenvalue weighted by molar-refractivity contribution is -0.138. The average Bonchev–Trinajstić information content (AvgIpc) is 2.78. The van der Waals surface area contributed by atoms with Crippen molar-refractivity contribution in [3.8, 4) is 5.75 Å². The summed E-state index contributed by atoms with van der Waals surface area (Å²) in [6.07, 6.45) is -3.74. The summed E-state index contributed by atoms with van der Waals surface area (Å²) >= 11 is 0. The van der Waals surface area contributed by atoms with Crippen LogP contribution < -0.4 is 10.1 Å². The second kappa shape index (κ2) is 8.67. The van der Waals surface area contributed by atoms with Crippen LogP contribution in [-0.2, 0) is 12.6 Å². The van der Waals surface area contributed by atoms with Gasteiger partial charge in [0.25, 0.3) is 5.91 Å². The Morgan fingerprint density at radius 3 is 2.50 bits per heavy atom. The minimum absolute atomic E-state index is 0.0367. The van der Waals surface area contributed by atoms with Gasteiger partial charge in [-0.25, -0.2) is 0 Å². The Hall–Kier alpha value is -3.32. The lowest BCUT2D eigenvalue weighted by atomic mass is 9.88. The lowest BCUT2D eigenvalue weighted by Gasteiger charge is -2.35. The number of anilines is 1. The molecule has 1 aliphatic rings. The van der Waals surface area contributed by atoms with E-state index >= 15 is 0 Å². The van der Waals surface area contributed by atoms with Crippen LogP contribution in [0, 0.1) is 0 Å². The van der Waals surface area contributed by atoms with Gasteiger partial charge in [-0.15, -0.1) is 0 Å². The molecule has 1 heterocycles. The number of amides is 1. The van der Waals surface area contributed by atoms with Crippen molar-refractivity contribution in [3.63, 3.8) is 0 Å². The minimum Gasteiger partial charge on any atom is -0.496 e. The number of halogens is 3. The van der Waals surface area contributed by atoms with E-state index in [-0.39, 0.29) is 17.4 Å². The Morgan fingerprint density at radius 1 is 1.06 bits per heavy atom. The predicted molar refractivity (Wildman–Crippen MR) is 117 cm³/mol. The zero-order valence-corrected chi connectivity index (χ0v) is 17.7. The Morgan fingerprint density at radius 2 is 1.81 bits per heavy atom. The fourth-order valence-electron chi connectivity index (χ4n) is 4.16. The Bertz CT molecular complexity index is 1130. The van der Waals surface area contributed by atoms with Crippen LogP contribution in [0.2, 0.25) is 0 Å². The number of carbonyl (C=O) groups is 1. The van der Waals surface area contributed by atoms with Gasteiger partial charge in [0.2, 0.25) is 0 Å². The van der Waals surface area contributed by atoms with Crippen molar-refractivity contribution in [2.45, 2.75) is 18.6 Å². The maximum Gasteiger partial charge on any atom is 0.419 e. The summed E-state index contributed by atoms with van der Waals surface area (Å²) in [5.74, 6) is -0.935. The van der Waals surface area contributed by atoms with E-state index in [0.29, 0.717) is 5.69 Å². The van der Waals surface area contributed by atoms with Gasteiger partial charge < -0.3 is 10.1 Å². The van der Waals surface area contributed by atoms with Gasteiger partial charge in [-0.2, -0.15) is 13.2 Å². The van der Waals surface area contributed by atoms with Crippen LogP contribution in [0.1, 0.15) is 38.7 Å². The number of ether oxygens (including phenoxy) is 1. The second-order valence-corrected chi connectivity index (χ2v) is 7.82. The van der Waals surface area contributed by atoms with Gasteiger partial charge in [0.05, 0.1) is 18.7 Å². The fraction of sp³-hybridized carbons (Fsp3) is 0.240. The molecule has 1 unspecified atom stereocenters. The summed E-state index contributed by atoms with van der Waals surface area (Å²) in [6, 6.07) is 19.1. The highest BCUT2D eigenvalue weighted by atomic mass is 19.4. The summed E-state index contributed by atoms with van der Waals surface area (Å²) in [6.45, 7) is 0.907. The molecule has 0 saturated carbocycles. The van der Waals surface area contributed by atoms with Crippen molar-refractivity contribution in [1.82, 2.24) is 4.90 Å². The molecule has 4 nitrogen and oxygen atoms in total. The number of likely N-dealkylation sites (N-methyl/N-ethyl adjacent to an activating group) is 1. The first-order chi connectivity index (χ1) is 15.3. The van der Waals surface area contributed by atoms with E-state index < -0.39 is 17.6 Å². The third kappa shape index (κ3) is 4.34. The summed E-state index contributed by atoms with van der Waals surface area (Å²) < 4.78 is 44.8. The zero-order valence-electron chi connectivity index (χ0n) is 17.7. The van der Waals surface area contributed by atoms with E-state index in [0.717, 1.165) is 43.3 Å². The summed E-state index contributed by atoms with van der Waals surface area (Å²) in [4.78, 5) is 15.0. The highest BCUT2D eigenvalue weighted by Crippen LogP contribution is 2.38. The van der Waals surface area contributed by atoms with Crippen molar-refractivity contribution in [2.75, 3.05) is 26.0 Å². The largest absolute Gasteiger partial charge is 0.496 e. The summed E-state index contributed by atoms with van der Waals surface area (Å²) in [5.41, 5.74) is 2.88. The number of hydrogen-bond acceptors (Lipinski definition) is 3. The van der Waals surface area contributed by atoms with E-state index in [4.69, 9.17) is 4.74 Å². The zero-order chi connectivity index (χ0) is 22.9. The molecule has 1 atom stereocenters. The Balaban J connectivity index is 1.64.